The predicted octanol–water partition coefficient (Wildman–Crippen LogP) is 3.52. The van der Waals surface area contributed by atoms with Crippen molar-refractivity contribution >= 4 is 0 Å². The fourth-order valence-electron chi connectivity index (χ4n) is 3.42. The van der Waals surface area contributed by atoms with Crippen LogP contribution in [0.1, 0.15) is 59.3 Å². The molecule has 2 nitrogen and oxygen atoms in total. The lowest BCUT2D eigenvalue weighted by molar-refractivity contribution is 0.206. The Bertz CT molecular complexity index is 203. The van der Waals surface area contributed by atoms with E-state index >= 15 is 0 Å². The largest absolute Gasteiger partial charge is 0.310 e. The van der Waals surface area contributed by atoms with Gasteiger partial charge in [0, 0.05) is 18.6 Å². The molecule has 0 saturated heterocycles. The van der Waals surface area contributed by atoms with Crippen molar-refractivity contribution in [3.63, 3.8) is 0 Å². The molecule has 1 fully saturated rings. The molecule has 2 heteroatoms. The van der Waals surface area contributed by atoms with Crippen molar-refractivity contribution in [3.8, 4) is 0 Å². The topological polar surface area (TPSA) is 15.3 Å². The smallest absolute Gasteiger partial charge is 0.0199 e. The molecule has 0 spiro atoms. The second-order valence-electron chi connectivity index (χ2n) is 6.81. The van der Waals surface area contributed by atoms with E-state index in [2.05, 4.69) is 45.1 Å². The van der Waals surface area contributed by atoms with Crippen LogP contribution in [0.15, 0.2) is 0 Å². The lowest BCUT2D eigenvalue weighted by Gasteiger charge is -2.36. The average Bonchev–Trinajstić information content (AvgIpc) is 2.27. The third kappa shape index (κ3) is 5.71. The molecule has 1 rings (SSSR count). The summed E-state index contributed by atoms with van der Waals surface area (Å²) >= 11 is 0. The van der Waals surface area contributed by atoms with Crippen LogP contribution in [0.2, 0.25) is 0 Å². The van der Waals surface area contributed by atoms with Gasteiger partial charge in [-0.05, 0) is 45.2 Å². The van der Waals surface area contributed by atoms with Crippen molar-refractivity contribution in [2.45, 2.75) is 71.4 Å². The van der Waals surface area contributed by atoms with Crippen LogP contribution in [-0.2, 0) is 0 Å². The number of likely N-dealkylation sites (N-methyl/N-ethyl adjacent to an activating group) is 1. The molecule has 0 radical (unpaired) electrons. The first-order valence-corrected chi connectivity index (χ1v) is 7.93. The van der Waals surface area contributed by atoms with Crippen LogP contribution in [-0.4, -0.2) is 37.6 Å². The van der Waals surface area contributed by atoms with E-state index in [0.29, 0.717) is 6.04 Å². The molecule has 18 heavy (non-hydrogen) atoms. The Morgan fingerprint density at radius 2 is 1.83 bits per heavy atom. The molecule has 0 aliphatic heterocycles. The summed E-state index contributed by atoms with van der Waals surface area (Å²) < 4.78 is 0. The first kappa shape index (κ1) is 16.0. The van der Waals surface area contributed by atoms with Gasteiger partial charge in [0.25, 0.3) is 0 Å². The molecule has 108 valence electrons. The summed E-state index contributed by atoms with van der Waals surface area (Å²) in [5.74, 6) is 1.70. The van der Waals surface area contributed by atoms with Crippen LogP contribution in [0, 0.1) is 11.8 Å². The summed E-state index contributed by atoms with van der Waals surface area (Å²) in [5.41, 5.74) is 0. The summed E-state index contributed by atoms with van der Waals surface area (Å²) in [7, 11) is 4.38. The highest BCUT2D eigenvalue weighted by Gasteiger charge is 2.26. The van der Waals surface area contributed by atoms with Gasteiger partial charge in [-0.1, -0.05) is 40.0 Å². The van der Waals surface area contributed by atoms with Gasteiger partial charge in [0.1, 0.15) is 0 Å². The van der Waals surface area contributed by atoms with Crippen molar-refractivity contribution in [1.29, 1.82) is 0 Å². The highest BCUT2D eigenvalue weighted by atomic mass is 15.1. The molecule has 0 heterocycles. The second kappa shape index (κ2) is 8.16. The zero-order chi connectivity index (χ0) is 13.5. The molecule has 0 aromatic rings. The molecule has 0 bridgehead atoms. The number of hydrogen-bond donors (Lipinski definition) is 1. The molecule has 0 aromatic carbocycles. The van der Waals surface area contributed by atoms with E-state index in [9.17, 15) is 0 Å². The summed E-state index contributed by atoms with van der Waals surface area (Å²) in [5, 5.41) is 3.98. The minimum atomic E-state index is 0.664. The van der Waals surface area contributed by atoms with Crippen LogP contribution >= 0.6 is 0 Å². The molecule has 1 aliphatic carbocycles. The van der Waals surface area contributed by atoms with E-state index < -0.39 is 0 Å². The minimum absolute atomic E-state index is 0.664. The normalized spacial score (nSPS) is 26.8. The molecule has 0 aromatic heterocycles. The Kier molecular flexibility index (Phi) is 7.25. The highest BCUT2D eigenvalue weighted by molar-refractivity contribution is 4.84. The van der Waals surface area contributed by atoms with Crippen molar-refractivity contribution in [2.24, 2.45) is 11.8 Å². The zero-order valence-corrected chi connectivity index (χ0v) is 13.2. The van der Waals surface area contributed by atoms with Gasteiger partial charge in [-0.25, -0.2) is 0 Å². The standard InChI is InChI=1S/C16H34N2/c1-6-14-9-7-8-10-16(14)17-15(11-13(2)3)12-18(4)5/h13-17H,6-12H2,1-5H3. The number of nitrogens with zero attached hydrogens (tertiary/aromatic N) is 1. The molecule has 1 saturated carbocycles. The van der Waals surface area contributed by atoms with Gasteiger partial charge in [0.05, 0.1) is 0 Å². The number of nitrogens with one attached hydrogen (secondary N) is 1. The maximum Gasteiger partial charge on any atom is 0.0199 e. The minimum Gasteiger partial charge on any atom is -0.310 e. The first-order valence-electron chi connectivity index (χ1n) is 7.93. The van der Waals surface area contributed by atoms with Crippen LogP contribution in [0.3, 0.4) is 0 Å². The Labute approximate surface area is 115 Å². The van der Waals surface area contributed by atoms with E-state index in [4.69, 9.17) is 0 Å². The van der Waals surface area contributed by atoms with E-state index in [1.807, 2.05) is 0 Å². The van der Waals surface area contributed by atoms with Gasteiger partial charge in [0.15, 0.2) is 0 Å². The number of rotatable bonds is 7. The fraction of sp³-hybridized carbons (Fsp3) is 1.00. The maximum atomic E-state index is 3.98. The van der Waals surface area contributed by atoms with Crippen molar-refractivity contribution in [2.75, 3.05) is 20.6 Å². The van der Waals surface area contributed by atoms with E-state index in [0.717, 1.165) is 17.9 Å². The Balaban J connectivity index is 2.51. The van der Waals surface area contributed by atoms with Gasteiger partial charge < -0.3 is 10.2 Å². The van der Waals surface area contributed by atoms with Crippen molar-refractivity contribution in [1.82, 2.24) is 10.2 Å². The quantitative estimate of drug-likeness (QED) is 0.748. The van der Waals surface area contributed by atoms with Crippen LogP contribution in [0.4, 0.5) is 0 Å². The van der Waals surface area contributed by atoms with Gasteiger partial charge in [-0.15, -0.1) is 0 Å². The Morgan fingerprint density at radius 1 is 1.17 bits per heavy atom. The van der Waals surface area contributed by atoms with Gasteiger partial charge >= 0.3 is 0 Å². The molecular weight excluding hydrogens is 220 g/mol. The zero-order valence-electron chi connectivity index (χ0n) is 13.2. The van der Waals surface area contributed by atoms with E-state index in [-0.39, 0.29) is 0 Å². The third-order valence-electron chi connectivity index (χ3n) is 4.22. The maximum absolute atomic E-state index is 3.98. The van der Waals surface area contributed by atoms with Crippen molar-refractivity contribution < 1.29 is 0 Å². The predicted molar refractivity (Wildman–Crippen MR) is 81.0 cm³/mol. The lowest BCUT2D eigenvalue weighted by Crippen LogP contribution is -2.48. The fourth-order valence-corrected chi connectivity index (χ4v) is 3.42. The van der Waals surface area contributed by atoms with Crippen molar-refractivity contribution in [3.05, 3.63) is 0 Å². The van der Waals surface area contributed by atoms with Gasteiger partial charge in [0.2, 0.25) is 0 Å². The highest BCUT2D eigenvalue weighted by Crippen LogP contribution is 2.27. The summed E-state index contributed by atoms with van der Waals surface area (Å²) in [6.45, 7) is 8.20. The SMILES string of the molecule is CCC1CCCCC1NC(CC(C)C)CN(C)C. The summed E-state index contributed by atoms with van der Waals surface area (Å²) in [6, 6.07) is 1.43. The first-order chi connectivity index (χ1) is 8.52. The third-order valence-corrected chi connectivity index (χ3v) is 4.22. The molecule has 0 amide bonds. The molecule has 3 atom stereocenters. The van der Waals surface area contributed by atoms with Crippen LogP contribution in [0.25, 0.3) is 0 Å². The second-order valence-corrected chi connectivity index (χ2v) is 6.81. The molecule has 1 aliphatic rings. The average molecular weight is 254 g/mol. The molecule has 3 unspecified atom stereocenters. The van der Waals surface area contributed by atoms with E-state index in [1.54, 1.807) is 0 Å². The van der Waals surface area contributed by atoms with Crippen LogP contribution in [0.5, 0.6) is 0 Å². The monoisotopic (exact) mass is 254 g/mol. The van der Waals surface area contributed by atoms with E-state index in [1.165, 1.54) is 45.1 Å². The summed E-state index contributed by atoms with van der Waals surface area (Å²) in [4.78, 5) is 2.32. The molecule has 1 N–H and O–H groups in total. The van der Waals surface area contributed by atoms with Gasteiger partial charge in [-0.3, -0.25) is 0 Å². The van der Waals surface area contributed by atoms with Gasteiger partial charge in [-0.2, -0.15) is 0 Å². The summed E-state index contributed by atoms with van der Waals surface area (Å²) in [6.07, 6.45) is 8.33. The lowest BCUT2D eigenvalue weighted by atomic mass is 9.82. The Hall–Kier alpha value is -0.0800. The molecular formula is C16H34N2. The Morgan fingerprint density at radius 3 is 2.39 bits per heavy atom. The number of hydrogen-bond acceptors (Lipinski definition) is 2. The van der Waals surface area contributed by atoms with Crippen LogP contribution < -0.4 is 5.32 Å².